The van der Waals surface area contributed by atoms with Gasteiger partial charge < -0.3 is 10.6 Å². The van der Waals surface area contributed by atoms with Crippen LogP contribution in [0.1, 0.15) is 35.2 Å². The van der Waals surface area contributed by atoms with E-state index in [1.54, 1.807) is 0 Å². The zero-order chi connectivity index (χ0) is 25.6. The summed E-state index contributed by atoms with van der Waals surface area (Å²) in [4.78, 5) is 36.9. The normalized spacial score (nSPS) is 24.4. The van der Waals surface area contributed by atoms with Crippen molar-refractivity contribution in [1.82, 2.24) is 16.0 Å². The van der Waals surface area contributed by atoms with Gasteiger partial charge in [-0.1, -0.05) is 12.1 Å². The molecule has 3 amide bonds. The van der Waals surface area contributed by atoms with Crippen LogP contribution in [0.5, 0.6) is 0 Å². The smallest absolute Gasteiger partial charge is 0.350 e. The molecule has 6 nitrogen and oxygen atoms in total. The van der Waals surface area contributed by atoms with E-state index in [9.17, 15) is 36.3 Å². The third-order valence-corrected chi connectivity index (χ3v) is 7.14. The minimum atomic E-state index is -4.56. The Hall–Kier alpha value is -3.34. The summed E-state index contributed by atoms with van der Waals surface area (Å²) in [6.07, 6.45) is -4.07. The van der Waals surface area contributed by atoms with E-state index >= 15 is 0 Å². The van der Waals surface area contributed by atoms with Crippen molar-refractivity contribution in [3.05, 3.63) is 59.4 Å². The molecule has 3 aliphatic carbocycles. The molecule has 3 saturated carbocycles. The number of likely N-dealkylation sites (N-methyl/N-ethyl adjacent to an activating group) is 1. The SMILES string of the molecule is CNC(CNC(=O)c1ccc(F)cc1-c1ccc(C(F)(F)F)cc1)(C(=O)NC=O)C12CC(F)(C1)C2. The lowest BCUT2D eigenvalue weighted by molar-refractivity contribution is -0.249. The zero-order valence-corrected chi connectivity index (χ0v) is 18.6. The average Bonchev–Trinajstić information content (AvgIpc) is 2.77. The summed E-state index contributed by atoms with van der Waals surface area (Å²) >= 11 is 0. The molecule has 1 unspecified atom stereocenters. The van der Waals surface area contributed by atoms with Gasteiger partial charge in [-0.3, -0.25) is 19.7 Å². The third kappa shape index (κ3) is 4.07. The topological polar surface area (TPSA) is 87.3 Å². The van der Waals surface area contributed by atoms with Gasteiger partial charge in [-0.2, -0.15) is 13.2 Å². The summed E-state index contributed by atoms with van der Waals surface area (Å²) in [6.45, 7) is -0.304. The van der Waals surface area contributed by atoms with Crippen molar-refractivity contribution in [3.63, 3.8) is 0 Å². The highest BCUT2D eigenvalue weighted by molar-refractivity contribution is 6.02. The van der Waals surface area contributed by atoms with Crippen molar-refractivity contribution in [2.24, 2.45) is 5.41 Å². The molecule has 3 fully saturated rings. The first-order valence-electron chi connectivity index (χ1n) is 10.8. The lowest BCUT2D eigenvalue weighted by Gasteiger charge is -2.71. The number of halogens is 5. The lowest BCUT2D eigenvalue weighted by Crippen LogP contribution is -2.82. The van der Waals surface area contributed by atoms with Crippen LogP contribution < -0.4 is 16.0 Å². The second-order valence-electron chi connectivity index (χ2n) is 9.16. The summed E-state index contributed by atoms with van der Waals surface area (Å²) in [5, 5.41) is 7.54. The molecule has 3 N–H and O–H groups in total. The Morgan fingerprint density at radius 3 is 2.20 bits per heavy atom. The molecular formula is C24H22F5N3O3. The first-order valence-corrected chi connectivity index (χ1v) is 10.8. The Morgan fingerprint density at radius 2 is 1.69 bits per heavy atom. The third-order valence-electron chi connectivity index (χ3n) is 7.14. The van der Waals surface area contributed by atoms with Gasteiger partial charge in [-0.15, -0.1) is 0 Å². The van der Waals surface area contributed by atoms with E-state index < -0.39 is 46.0 Å². The zero-order valence-electron chi connectivity index (χ0n) is 18.6. The van der Waals surface area contributed by atoms with Crippen molar-refractivity contribution in [1.29, 1.82) is 0 Å². The van der Waals surface area contributed by atoms with Gasteiger partial charge in [-0.25, -0.2) is 8.78 Å². The maximum atomic E-state index is 14.3. The summed E-state index contributed by atoms with van der Waals surface area (Å²) in [7, 11) is 1.47. The van der Waals surface area contributed by atoms with Crippen molar-refractivity contribution < 1.29 is 36.3 Å². The van der Waals surface area contributed by atoms with Gasteiger partial charge in [0.25, 0.3) is 5.91 Å². The fourth-order valence-electron chi connectivity index (χ4n) is 5.37. The molecule has 0 aliphatic heterocycles. The number of carbonyl (C=O) groups excluding carboxylic acids is 3. The number of amides is 3. The van der Waals surface area contributed by atoms with Gasteiger partial charge in [-0.05, 0) is 67.8 Å². The maximum absolute atomic E-state index is 14.3. The quantitative estimate of drug-likeness (QED) is 0.387. The van der Waals surface area contributed by atoms with Crippen LogP contribution in [0, 0.1) is 11.2 Å². The van der Waals surface area contributed by atoms with E-state index in [0.29, 0.717) is 0 Å². The molecule has 0 radical (unpaired) electrons. The van der Waals surface area contributed by atoms with Gasteiger partial charge in [0.1, 0.15) is 17.0 Å². The van der Waals surface area contributed by atoms with Crippen molar-refractivity contribution in [2.75, 3.05) is 13.6 Å². The number of imide groups is 1. The van der Waals surface area contributed by atoms with Crippen molar-refractivity contribution in [3.8, 4) is 11.1 Å². The highest BCUT2D eigenvalue weighted by atomic mass is 19.4. The van der Waals surface area contributed by atoms with Gasteiger partial charge in [0.15, 0.2) is 0 Å². The van der Waals surface area contributed by atoms with Crippen LogP contribution in [0.2, 0.25) is 0 Å². The lowest BCUT2D eigenvalue weighted by atomic mass is 9.36. The van der Waals surface area contributed by atoms with Crippen molar-refractivity contribution in [2.45, 2.75) is 36.6 Å². The molecular weight excluding hydrogens is 473 g/mol. The molecule has 35 heavy (non-hydrogen) atoms. The molecule has 0 spiro atoms. The van der Waals surface area contributed by atoms with Crippen LogP contribution in [0.25, 0.3) is 11.1 Å². The number of rotatable bonds is 8. The molecule has 5 rings (SSSR count). The highest BCUT2D eigenvalue weighted by Gasteiger charge is 2.78. The summed E-state index contributed by atoms with van der Waals surface area (Å²) in [6, 6.07) is 7.15. The van der Waals surface area contributed by atoms with Crippen LogP contribution in [0.4, 0.5) is 22.0 Å². The Kier molecular flexibility index (Phi) is 5.95. The number of nitrogens with one attached hydrogen (secondary N) is 3. The molecule has 0 heterocycles. The molecule has 2 aromatic carbocycles. The predicted molar refractivity (Wildman–Crippen MR) is 115 cm³/mol. The molecule has 0 aromatic heterocycles. The van der Waals surface area contributed by atoms with Crippen LogP contribution in [-0.2, 0) is 15.8 Å². The van der Waals surface area contributed by atoms with Gasteiger partial charge >= 0.3 is 6.18 Å². The summed E-state index contributed by atoms with van der Waals surface area (Å²) < 4.78 is 67.0. The molecule has 186 valence electrons. The fraction of sp³-hybridized carbons (Fsp3) is 0.375. The molecule has 1 atom stereocenters. The Balaban J connectivity index is 1.61. The minimum absolute atomic E-state index is 0.0356. The highest BCUT2D eigenvalue weighted by Crippen LogP contribution is 2.73. The number of benzene rings is 2. The largest absolute Gasteiger partial charge is 0.416 e. The number of hydrogen-bond donors (Lipinski definition) is 3. The second-order valence-corrected chi connectivity index (χ2v) is 9.16. The Bertz CT molecular complexity index is 1160. The van der Waals surface area contributed by atoms with E-state index in [4.69, 9.17) is 0 Å². The standard InChI is InChI=1S/C24H22F5N3O3/c1-30-23(20(35)32-13-33,21-9-22(26,10-21)11-21)12-31-19(34)17-7-6-16(25)8-18(17)14-2-4-15(5-3-14)24(27,28)29/h2-8,13,30H,9-12H2,1H3,(H,31,34)(H,32,33,35). The van der Waals surface area contributed by atoms with Crippen LogP contribution in [-0.4, -0.2) is 43.0 Å². The first kappa shape index (κ1) is 24.8. The minimum Gasteiger partial charge on any atom is -0.350 e. The van der Waals surface area contributed by atoms with Crippen molar-refractivity contribution >= 4 is 18.2 Å². The Labute approximate surface area is 197 Å². The fourth-order valence-corrected chi connectivity index (χ4v) is 5.37. The monoisotopic (exact) mass is 495 g/mol. The number of carbonyl (C=O) groups is 3. The summed E-state index contributed by atoms with van der Waals surface area (Å²) in [5.74, 6) is -2.15. The predicted octanol–water partition coefficient (Wildman–Crippen LogP) is 3.36. The molecule has 3 aliphatic rings. The second kappa shape index (κ2) is 8.40. The van der Waals surface area contributed by atoms with Crippen LogP contribution in [0.3, 0.4) is 0 Å². The van der Waals surface area contributed by atoms with E-state index in [1.165, 1.54) is 13.1 Å². The van der Waals surface area contributed by atoms with E-state index in [0.717, 1.165) is 36.4 Å². The number of hydrogen-bond acceptors (Lipinski definition) is 4. The van der Waals surface area contributed by atoms with Gasteiger partial charge in [0.2, 0.25) is 12.3 Å². The Morgan fingerprint density at radius 1 is 1.06 bits per heavy atom. The van der Waals surface area contributed by atoms with Crippen LogP contribution in [0.15, 0.2) is 42.5 Å². The molecule has 2 bridgehead atoms. The van der Waals surface area contributed by atoms with E-state index in [2.05, 4.69) is 16.0 Å². The van der Waals surface area contributed by atoms with E-state index in [1.807, 2.05) is 0 Å². The first-order chi connectivity index (χ1) is 16.4. The number of alkyl halides is 4. The van der Waals surface area contributed by atoms with Crippen LogP contribution >= 0.6 is 0 Å². The van der Waals surface area contributed by atoms with Gasteiger partial charge in [0.05, 0.1) is 5.56 Å². The molecule has 0 saturated heterocycles. The van der Waals surface area contributed by atoms with E-state index in [-0.39, 0.29) is 48.9 Å². The van der Waals surface area contributed by atoms with Gasteiger partial charge in [0, 0.05) is 17.5 Å². The average molecular weight is 495 g/mol. The maximum Gasteiger partial charge on any atom is 0.416 e. The summed E-state index contributed by atoms with van der Waals surface area (Å²) in [5.41, 5.74) is -4.33. The molecule has 2 aromatic rings. The molecule has 11 heteroatoms.